The molecule has 1 amide bonds. The van der Waals surface area contributed by atoms with Crippen LogP contribution in [0, 0.1) is 5.92 Å². The number of benzene rings is 1. The first-order valence-corrected chi connectivity index (χ1v) is 9.62. The third-order valence-corrected chi connectivity index (χ3v) is 5.11. The molecule has 2 aliphatic rings. The van der Waals surface area contributed by atoms with E-state index >= 15 is 0 Å². The summed E-state index contributed by atoms with van der Waals surface area (Å²) in [6, 6.07) is 10.3. The maximum atomic E-state index is 12.3. The van der Waals surface area contributed by atoms with Gasteiger partial charge in [0, 0.05) is 52.2 Å². The third kappa shape index (κ3) is 5.46. The molecule has 2 atom stereocenters. The molecule has 0 radical (unpaired) electrons. The molecule has 6 nitrogen and oxygen atoms in total. The second-order valence-electron chi connectivity index (χ2n) is 7.11. The number of likely N-dealkylation sites (tertiary alicyclic amines) is 1. The van der Waals surface area contributed by atoms with E-state index in [2.05, 4.69) is 27.8 Å². The molecular weight excluding hydrogens is 328 g/mol. The van der Waals surface area contributed by atoms with Gasteiger partial charge in [-0.1, -0.05) is 30.3 Å². The molecule has 3 rings (SSSR count). The molecule has 0 bridgehead atoms. The number of ether oxygens (including phenoxy) is 1. The second kappa shape index (κ2) is 9.57. The van der Waals surface area contributed by atoms with Crippen molar-refractivity contribution in [1.29, 1.82) is 0 Å². The van der Waals surface area contributed by atoms with Gasteiger partial charge in [-0.2, -0.15) is 0 Å². The molecule has 1 aromatic rings. The third-order valence-electron chi connectivity index (χ3n) is 5.11. The zero-order chi connectivity index (χ0) is 18.2. The van der Waals surface area contributed by atoms with E-state index in [-0.39, 0.29) is 12.0 Å². The largest absolute Gasteiger partial charge is 0.376 e. The lowest BCUT2D eigenvalue weighted by Crippen LogP contribution is -2.43. The molecule has 2 saturated heterocycles. The van der Waals surface area contributed by atoms with Crippen molar-refractivity contribution in [2.45, 2.75) is 31.8 Å². The first-order valence-electron chi connectivity index (χ1n) is 9.62. The summed E-state index contributed by atoms with van der Waals surface area (Å²) in [7, 11) is 1.77. The highest BCUT2D eigenvalue weighted by atomic mass is 16.5. The molecule has 2 fully saturated rings. The van der Waals surface area contributed by atoms with Crippen molar-refractivity contribution in [2.24, 2.45) is 10.9 Å². The van der Waals surface area contributed by atoms with E-state index in [1.807, 2.05) is 23.1 Å². The fourth-order valence-electron chi connectivity index (χ4n) is 3.59. The fraction of sp³-hybridized carbons (Fsp3) is 0.600. The summed E-state index contributed by atoms with van der Waals surface area (Å²) in [5.74, 6) is 1.38. The predicted molar refractivity (Wildman–Crippen MR) is 103 cm³/mol. The van der Waals surface area contributed by atoms with Gasteiger partial charge >= 0.3 is 0 Å². The van der Waals surface area contributed by atoms with Crippen molar-refractivity contribution >= 4 is 11.9 Å². The summed E-state index contributed by atoms with van der Waals surface area (Å²) in [5.41, 5.74) is 1.28. The number of guanidine groups is 1. The normalized spacial score (nSPS) is 23.5. The van der Waals surface area contributed by atoms with E-state index < -0.39 is 0 Å². The number of hydrogen-bond acceptors (Lipinski definition) is 3. The highest BCUT2D eigenvalue weighted by Crippen LogP contribution is 2.17. The molecule has 2 heterocycles. The van der Waals surface area contributed by atoms with Gasteiger partial charge in [0.25, 0.3) is 0 Å². The summed E-state index contributed by atoms with van der Waals surface area (Å²) < 4.78 is 5.62. The Morgan fingerprint density at radius 1 is 1.27 bits per heavy atom. The second-order valence-corrected chi connectivity index (χ2v) is 7.11. The quantitative estimate of drug-likeness (QED) is 0.572. The van der Waals surface area contributed by atoms with Crippen LogP contribution in [-0.2, 0) is 16.0 Å². The van der Waals surface area contributed by atoms with Gasteiger partial charge < -0.3 is 20.3 Å². The van der Waals surface area contributed by atoms with Crippen molar-refractivity contribution in [1.82, 2.24) is 15.5 Å². The molecule has 2 unspecified atom stereocenters. The van der Waals surface area contributed by atoms with Gasteiger partial charge in [0.1, 0.15) is 0 Å². The lowest BCUT2D eigenvalue weighted by atomic mass is 10.1. The molecule has 142 valence electrons. The number of carbonyl (C=O) groups excluding carboxylic acids is 1. The van der Waals surface area contributed by atoms with Gasteiger partial charge in [0.15, 0.2) is 5.96 Å². The van der Waals surface area contributed by atoms with Crippen LogP contribution in [0.2, 0.25) is 0 Å². The van der Waals surface area contributed by atoms with Crippen LogP contribution in [0.5, 0.6) is 0 Å². The van der Waals surface area contributed by atoms with Crippen molar-refractivity contribution in [3.8, 4) is 0 Å². The summed E-state index contributed by atoms with van der Waals surface area (Å²) >= 11 is 0. The Hall–Kier alpha value is -2.08. The summed E-state index contributed by atoms with van der Waals surface area (Å²) in [6.07, 6.45) is 4.07. The predicted octanol–water partition coefficient (Wildman–Crippen LogP) is 1.42. The molecule has 0 saturated carbocycles. The Morgan fingerprint density at radius 3 is 2.81 bits per heavy atom. The molecule has 0 aliphatic carbocycles. The standard InChI is InChI=1S/C20H30N4O2/c1-21-20(23-14-18-8-5-11-26-18)22-13-17-12-19(25)24(15-17)10-9-16-6-3-2-4-7-16/h2-4,6-7,17-18H,5,8-15H2,1H3,(H2,21,22,23). The van der Waals surface area contributed by atoms with Crippen molar-refractivity contribution in [3.63, 3.8) is 0 Å². The van der Waals surface area contributed by atoms with Gasteiger partial charge in [-0.15, -0.1) is 0 Å². The fourth-order valence-corrected chi connectivity index (χ4v) is 3.59. The Labute approximate surface area is 156 Å². The number of rotatable bonds is 7. The number of amides is 1. The lowest BCUT2D eigenvalue weighted by molar-refractivity contribution is -0.127. The molecule has 2 N–H and O–H groups in total. The van der Waals surface area contributed by atoms with Crippen LogP contribution in [0.15, 0.2) is 35.3 Å². The van der Waals surface area contributed by atoms with Crippen molar-refractivity contribution in [3.05, 3.63) is 35.9 Å². The van der Waals surface area contributed by atoms with E-state index in [1.165, 1.54) is 5.56 Å². The zero-order valence-electron chi connectivity index (χ0n) is 15.6. The SMILES string of the molecule is CN=C(NCC1CC(=O)N(CCc2ccccc2)C1)NCC1CCCO1. The number of nitrogens with zero attached hydrogens (tertiary/aromatic N) is 2. The van der Waals surface area contributed by atoms with E-state index in [0.717, 1.165) is 58.0 Å². The van der Waals surface area contributed by atoms with Gasteiger partial charge in [-0.3, -0.25) is 9.79 Å². The summed E-state index contributed by atoms with van der Waals surface area (Å²) in [4.78, 5) is 18.5. The van der Waals surface area contributed by atoms with Crippen LogP contribution in [0.4, 0.5) is 0 Å². The van der Waals surface area contributed by atoms with Crippen molar-refractivity contribution in [2.75, 3.05) is 39.8 Å². The van der Waals surface area contributed by atoms with E-state index in [1.54, 1.807) is 7.05 Å². The van der Waals surface area contributed by atoms with E-state index in [0.29, 0.717) is 12.3 Å². The Balaban J connectivity index is 1.37. The van der Waals surface area contributed by atoms with Crippen LogP contribution in [-0.4, -0.2) is 62.7 Å². The lowest BCUT2D eigenvalue weighted by Gasteiger charge is -2.18. The maximum Gasteiger partial charge on any atom is 0.223 e. The molecule has 6 heteroatoms. The molecule has 0 spiro atoms. The minimum absolute atomic E-state index is 0.259. The Kier molecular flexibility index (Phi) is 6.89. The first-order chi connectivity index (χ1) is 12.7. The van der Waals surface area contributed by atoms with Gasteiger partial charge in [0.05, 0.1) is 6.10 Å². The molecule has 1 aromatic carbocycles. The molecule has 0 aromatic heterocycles. The van der Waals surface area contributed by atoms with E-state index in [9.17, 15) is 4.79 Å². The van der Waals surface area contributed by atoms with Gasteiger partial charge in [-0.25, -0.2) is 0 Å². The number of hydrogen-bond donors (Lipinski definition) is 2. The average molecular weight is 358 g/mol. The van der Waals surface area contributed by atoms with Crippen LogP contribution >= 0.6 is 0 Å². The van der Waals surface area contributed by atoms with Crippen LogP contribution < -0.4 is 10.6 Å². The smallest absolute Gasteiger partial charge is 0.223 e. The minimum Gasteiger partial charge on any atom is -0.376 e. The highest BCUT2D eigenvalue weighted by molar-refractivity contribution is 5.80. The minimum atomic E-state index is 0.259. The number of carbonyl (C=O) groups is 1. The monoisotopic (exact) mass is 358 g/mol. The highest BCUT2D eigenvalue weighted by Gasteiger charge is 2.29. The van der Waals surface area contributed by atoms with Crippen LogP contribution in [0.3, 0.4) is 0 Å². The molecule has 26 heavy (non-hydrogen) atoms. The molecular formula is C20H30N4O2. The van der Waals surface area contributed by atoms with Crippen molar-refractivity contribution < 1.29 is 9.53 Å². The van der Waals surface area contributed by atoms with E-state index in [4.69, 9.17) is 4.74 Å². The van der Waals surface area contributed by atoms with Crippen LogP contribution in [0.1, 0.15) is 24.8 Å². The number of aliphatic imine (C=N–C) groups is 1. The Morgan fingerprint density at radius 2 is 2.08 bits per heavy atom. The van der Waals surface area contributed by atoms with Crippen LogP contribution in [0.25, 0.3) is 0 Å². The summed E-state index contributed by atoms with van der Waals surface area (Å²) in [5, 5.41) is 6.67. The topological polar surface area (TPSA) is 66.0 Å². The van der Waals surface area contributed by atoms with Gasteiger partial charge in [-0.05, 0) is 24.8 Å². The summed E-state index contributed by atoms with van der Waals surface area (Å²) in [6.45, 7) is 4.03. The Bertz CT molecular complexity index is 599. The molecule has 2 aliphatic heterocycles. The van der Waals surface area contributed by atoms with Gasteiger partial charge in [0.2, 0.25) is 5.91 Å². The zero-order valence-corrected chi connectivity index (χ0v) is 15.6. The number of nitrogens with one attached hydrogen (secondary N) is 2. The maximum absolute atomic E-state index is 12.3. The first kappa shape index (κ1) is 18.7. The average Bonchev–Trinajstić information content (AvgIpc) is 3.31.